The smallest absolute Gasteiger partial charge is 0.211 e. The van der Waals surface area contributed by atoms with Crippen LogP contribution in [0.25, 0.3) is 0 Å². The molecule has 0 fully saturated rings. The topological polar surface area (TPSA) is 91.8 Å². The molecule has 1 aromatic rings. The molecule has 0 saturated heterocycles. The highest BCUT2D eigenvalue weighted by molar-refractivity contribution is 14.0. The maximum absolute atomic E-state index is 11.4. The van der Waals surface area contributed by atoms with Crippen LogP contribution < -0.4 is 20.1 Å². The average Bonchev–Trinajstić information content (AvgIpc) is 2.62. The Morgan fingerprint density at radius 1 is 1.22 bits per heavy atom. The molecule has 0 heterocycles. The molecule has 3 N–H and O–H groups in total. The molecule has 0 aromatic heterocycles. The summed E-state index contributed by atoms with van der Waals surface area (Å²) in [4.78, 5) is 4.45. The predicted molar refractivity (Wildman–Crippen MR) is 123 cm³/mol. The van der Waals surface area contributed by atoms with Gasteiger partial charge in [0.05, 0.1) is 12.9 Å². The molecule has 0 unspecified atom stereocenters. The fraction of sp³-hybridized carbons (Fsp3) is 0.588. The molecule has 0 atom stereocenters. The minimum absolute atomic E-state index is 0. The molecule has 0 aliphatic carbocycles. The summed E-state index contributed by atoms with van der Waals surface area (Å²) in [6, 6.07) is 5.64. The van der Waals surface area contributed by atoms with Gasteiger partial charge in [0.15, 0.2) is 5.96 Å². The molecule has 10 heteroatoms. The molecule has 156 valence electrons. The normalized spacial score (nSPS) is 11.6. The molecule has 0 aliphatic heterocycles. The van der Waals surface area contributed by atoms with E-state index in [-0.39, 0.29) is 29.7 Å². The van der Waals surface area contributed by atoms with Gasteiger partial charge in [-0.2, -0.15) is 0 Å². The van der Waals surface area contributed by atoms with Crippen molar-refractivity contribution >= 4 is 51.6 Å². The highest BCUT2D eigenvalue weighted by atomic mass is 127. The van der Waals surface area contributed by atoms with Gasteiger partial charge < -0.3 is 15.4 Å². The minimum Gasteiger partial charge on any atom is -0.497 e. The number of ether oxygens (including phenoxy) is 1. The van der Waals surface area contributed by atoms with Gasteiger partial charge in [0.25, 0.3) is 0 Å². The number of nitrogens with one attached hydrogen (secondary N) is 3. The molecule has 1 aromatic carbocycles. The van der Waals surface area contributed by atoms with E-state index in [0.717, 1.165) is 24.3 Å². The zero-order valence-electron chi connectivity index (χ0n) is 16.0. The lowest BCUT2D eigenvalue weighted by Gasteiger charge is -2.12. The lowest BCUT2D eigenvalue weighted by molar-refractivity contribution is 0.414. The Morgan fingerprint density at radius 2 is 1.96 bits per heavy atom. The maximum Gasteiger partial charge on any atom is 0.211 e. The highest BCUT2D eigenvalue weighted by Crippen LogP contribution is 2.22. The van der Waals surface area contributed by atoms with Crippen LogP contribution in [0.5, 0.6) is 5.75 Å². The lowest BCUT2D eigenvalue weighted by Crippen LogP contribution is -2.38. The molecule has 0 bridgehead atoms. The second kappa shape index (κ2) is 14.3. The summed E-state index contributed by atoms with van der Waals surface area (Å²) in [6.07, 6.45) is 1.39. The van der Waals surface area contributed by atoms with Crippen molar-refractivity contribution < 1.29 is 13.2 Å². The van der Waals surface area contributed by atoms with Crippen molar-refractivity contribution in [1.82, 2.24) is 15.4 Å². The molecular weight excluding hydrogens is 503 g/mol. The van der Waals surface area contributed by atoms with E-state index in [1.165, 1.54) is 0 Å². The van der Waals surface area contributed by atoms with Gasteiger partial charge in [-0.1, -0.05) is 17.7 Å². The van der Waals surface area contributed by atoms with Crippen LogP contribution in [0.1, 0.15) is 25.8 Å². The number of nitrogens with zero attached hydrogens (tertiary/aromatic N) is 1. The van der Waals surface area contributed by atoms with Crippen LogP contribution >= 0.6 is 35.6 Å². The number of aliphatic imine (C=N–C) groups is 1. The molecule has 7 nitrogen and oxygen atoms in total. The second-order valence-electron chi connectivity index (χ2n) is 5.55. The Labute approximate surface area is 184 Å². The third-order valence-electron chi connectivity index (χ3n) is 3.60. The lowest BCUT2D eigenvalue weighted by atomic mass is 10.1. The zero-order chi connectivity index (χ0) is 19.4. The van der Waals surface area contributed by atoms with Gasteiger partial charge in [-0.05, 0) is 44.4 Å². The number of guanidine groups is 1. The van der Waals surface area contributed by atoms with Gasteiger partial charge in [-0.3, -0.25) is 4.99 Å². The van der Waals surface area contributed by atoms with Crippen molar-refractivity contribution in [2.75, 3.05) is 39.0 Å². The molecule has 0 aliphatic rings. The third kappa shape index (κ3) is 11.0. The summed E-state index contributed by atoms with van der Waals surface area (Å²) in [7, 11) is -1.53. The molecule has 0 amide bonds. The Kier molecular flexibility index (Phi) is 13.8. The molecule has 0 spiro atoms. The first-order valence-electron chi connectivity index (χ1n) is 8.73. The largest absolute Gasteiger partial charge is 0.497 e. The second-order valence-corrected chi connectivity index (χ2v) is 8.05. The monoisotopic (exact) mass is 532 g/mol. The van der Waals surface area contributed by atoms with Gasteiger partial charge in [-0.15, -0.1) is 24.0 Å². The SMILES string of the molecule is CCNC(=NCCCNS(=O)(=O)CC)NCCc1ccc(OC)cc1Cl.I. The standard InChI is InChI=1S/C17H29ClN4O3S.HI/c1-4-19-17(20-10-6-11-22-26(23,24)5-2)21-12-9-14-7-8-15(25-3)13-16(14)18;/h7-8,13,22H,4-6,9-12H2,1-3H3,(H2,19,20,21);1H. The summed E-state index contributed by atoms with van der Waals surface area (Å²) in [5, 5.41) is 7.10. The fourth-order valence-electron chi connectivity index (χ4n) is 2.11. The van der Waals surface area contributed by atoms with Gasteiger partial charge in [0.2, 0.25) is 10.0 Å². The minimum atomic E-state index is -3.14. The zero-order valence-corrected chi connectivity index (χ0v) is 20.0. The summed E-state index contributed by atoms with van der Waals surface area (Å²) >= 11 is 6.24. The number of hydrogen-bond acceptors (Lipinski definition) is 4. The van der Waals surface area contributed by atoms with E-state index >= 15 is 0 Å². The average molecular weight is 533 g/mol. The molecule has 27 heavy (non-hydrogen) atoms. The number of methoxy groups -OCH3 is 1. The predicted octanol–water partition coefficient (Wildman–Crippen LogP) is 2.39. The first-order valence-corrected chi connectivity index (χ1v) is 10.8. The Bertz CT molecular complexity index is 687. The van der Waals surface area contributed by atoms with Gasteiger partial charge >= 0.3 is 0 Å². The van der Waals surface area contributed by atoms with E-state index in [2.05, 4.69) is 20.3 Å². The quantitative estimate of drug-likeness (QED) is 0.176. The van der Waals surface area contributed by atoms with E-state index in [9.17, 15) is 8.42 Å². The molecular formula is C17H30ClIN4O3S. The summed E-state index contributed by atoms with van der Waals surface area (Å²) in [5.41, 5.74) is 1.03. The Balaban J connectivity index is 0.00000676. The van der Waals surface area contributed by atoms with Gasteiger partial charge in [-0.25, -0.2) is 13.1 Å². The van der Waals surface area contributed by atoms with Crippen LogP contribution in [0.3, 0.4) is 0 Å². The first-order chi connectivity index (χ1) is 12.4. The van der Waals surface area contributed by atoms with Gasteiger partial charge in [0.1, 0.15) is 5.75 Å². The van der Waals surface area contributed by atoms with Crippen LogP contribution in [-0.4, -0.2) is 53.4 Å². The van der Waals surface area contributed by atoms with Crippen molar-refractivity contribution in [2.24, 2.45) is 4.99 Å². The van der Waals surface area contributed by atoms with Crippen LogP contribution in [0.4, 0.5) is 0 Å². The van der Waals surface area contributed by atoms with E-state index in [1.54, 1.807) is 20.1 Å². The molecule has 0 saturated carbocycles. The number of halogens is 2. The van der Waals surface area contributed by atoms with Crippen LogP contribution in [0.15, 0.2) is 23.2 Å². The van der Waals surface area contributed by atoms with Crippen LogP contribution in [0, 0.1) is 0 Å². The maximum atomic E-state index is 11.4. The Morgan fingerprint density at radius 3 is 2.56 bits per heavy atom. The number of rotatable bonds is 11. The van der Waals surface area contributed by atoms with Crippen molar-refractivity contribution in [3.8, 4) is 5.75 Å². The van der Waals surface area contributed by atoms with Crippen molar-refractivity contribution in [3.05, 3.63) is 28.8 Å². The summed E-state index contributed by atoms with van der Waals surface area (Å²) in [5.74, 6) is 1.53. The fourth-order valence-corrected chi connectivity index (χ4v) is 3.04. The van der Waals surface area contributed by atoms with Crippen molar-refractivity contribution in [1.29, 1.82) is 0 Å². The van der Waals surface area contributed by atoms with Gasteiger partial charge in [0, 0.05) is 31.2 Å². The molecule has 0 radical (unpaired) electrons. The van der Waals surface area contributed by atoms with E-state index in [4.69, 9.17) is 16.3 Å². The first kappa shape index (κ1) is 26.2. The molecule has 1 rings (SSSR count). The van der Waals surface area contributed by atoms with E-state index < -0.39 is 10.0 Å². The van der Waals surface area contributed by atoms with Crippen molar-refractivity contribution in [3.63, 3.8) is 0 Å². The summed E-state index contributed by atoms with van der Waals surface area (Å²) in [6.45, 7) is 5.96. The number of sulfonamides is 1. The van der Waals surface area contributed by atoms with E-state index in [1.807, 2.05) is 19.1 Å². The van der Waals surface area contributed by atoms with Crippen LogP contribution in [0.2, 0.25) is 5.02 Å². The number of benzene rings is 1. The Hall–Kier alpha value is -0.780. The number of hydrogen-bond donors (Lipinski definition) is 3. The highest BCUT2D eigenvalue weighted by Gasteiger charge is 2.05. The third-order valence-corrected chi connectivity index (χ3v) is 5.35. The van der Waals surface area contributed by atoms with Crippen LogP contribution in [-0.2, 0) is 16.4 Å². The van der Waals surface area contributed by atoms with Crippen molar-refractivity contribution in [2.45, 2.75) is 26.7 Å². The van der Waals surface area contributed by atoms with E-state index in [0.29, 0.717) is 37.0 Å². The summed E-state index contributed by atoms with van der Waals surface area (Å²) < 4.78 is 30.4.